The van der Waals surface area contributed by atoms with Crippen molar-refractivity contribution in [2.75, 3.05) is 0 Å². The van der Waals surface area contributed by atoms with Crippen molar-refractivity contribution in [3.63, 3.8) is 0 Å². The Morgan fingerprint density at radius 1 is 1.15 bits per heavy atom. The summed E-state index contributed by atoms with van der Waals surface area (Å²) in [6.07, 6.45) is 3.25. The normalized spacial score (nSPS) is 10.6. The molecule has 1 N–H and O–H groups in total. The van der Waals surface area contributed by atoms with Gasteiger partial charge in [-0.15, -0.1) is 0 Å². The van der Waals surface area contributed by atoms with Crippen LogP contribution in [0.2, 0.25) is 0 Å². The highest BCUT2D eigenvalue weighted by molar-refractivity contribution is 9.10. The lowest BCUT2D eigenvalue weighted by Gasteiger charge is -2.02. The Hall–Kier alpha value is -1.00. The van der Waals surface area contributed by atoms with Gasteiger partial charge in [-0.3, -0.25) is 9.97 Å². The molecule has 0 fully saturated rings. The molecule has 1 heterocycles. The third kappa shape index (κ3) is 1.43. The van der Waals surface area contributed by atoms with Crippen LogP contribution in [0.1, 0.15) is 5.56 Å². The van der Waals surface area contributed by atoms with E-state index in [1.807, 2.05) is 12.1 Å². The average Bonchev–Trinajstić information content (AvgIpc) is 2.19. The van der Waals surface area contributed by atoms with Crippen molar-refractivity contribution in [1.29, 1.82) is 0 Å². The largest absolute Gasteiger partial charge is 0.392 e. The van der Waals surface area contributed by atoms with Crippen LogP contribution in [0.15, 0.2) is 29.0 Å². The van der Waals surface area contributed by atoms with Crippen molar-refractivity contribution in [2.24, 2.45) is 0 Å². The number of benzene rings is 1. The maximum Gasteiger partial charge on any atom is 0.103 e. The summed E-state index contributed by atoms with van der Waals surface area (Å²) < 4.78 is 0.896. The minimum Gasteiger partial charge on any atom is -0.392 e. The molecule has 13 heavy (non-hydrogen) atoms. The van der Waals surface area contributed by atoms with Gasteiger partial charge in [-0.05, 0) is 22.0 Å². The molecule has 0 aliphatic carbocycles. The lowest BCUT2D eigenvalue weighted by Crippen LogP contribution is -1.91. The second-order valence-electron chi connectivity index (χ2n) is 2.62. The van der Waals surface area contributed by atoms with Crippen molar-refractivity contribution in [3.05, 3.63) is 34.6 Å². The van der Waals surface area contributed by atoms with Crippen LogP contribution in [0.5, 0.6) is 0 Å². The molecule has 0 radical (unpaired) electrons. The van der Waals surface area contributed by atoms with E-state index in [1.165, 1.54) is 0 Å². The van der Waals surface area contributed by atoms with Crippen LogP contribution in [-0.4, -0.2) is 15.1 Å². The third-order valence-electron chi connectivity index (χ3n) is 1.83. The first-order chi connectivity index (χ1) is 6.33. The van der Waals surface area contributed by atoms with Crippen LogP contribution in [0, 0.1) is 0 Å². The lowest BCUT2D eigenvalue weighted by atomic mass is 10.2. The van der Waals surface area contributed by atoms with E-state index in [9.17, 15) is 0 Å². The monoisotopic (exact) mass is 238 g/mol. The molecule has 0 amide bonds. The topological polar surface area (TPSA) is 46.0 Å². The van der Waals surface area contributed by atoms with Crippen LogP contribution < -0.4 is 0 Å². The minimum atomic E-state index is -0.0114. The molecular weight excluding hydrogens is 232 g/mol. The van der Waals surface area contributed by atoms with Crippen LogP contribution in [-0.2, 0) is 6.61 Å². The summed E-state index contributed by atoms with van der Waals surface area (Å²) >= 11 is 3.38. The van der Waals surface area contributed by atoms with E-state index in [0.717, 1.165) is 21.1 Å². The first-order valence-electron chi connectivity index (χ1n) is 3.82. The van der Waals surface area contributed by atoms with E-state index in [-0.39, 0.29) is 6.61 Å². The zero-order valence-corrected chi connectivity index (χ0v) is 8.32. The summed E-state index contributed by atoms with van der Waals surface area (Å²) in [4.78, 5) is 8.33. The number of hydrogen-bond donors (Lipinski definition) is 1. The SMILES string of the molecule is OCc1ccc(Br)c2nccnc12. The van der Waals surface area contributed by atoms with Crippen molar-refractivity contribution >= 4 is 27.0 Å². The summed E-state index contributed by atoms with van der Waals surface area (Å²) in [5.41, 5.74) is 2.33. The van der Waals surface area contributed by atoms with Gasteiger partial charge in [-0.1, -0.05) is 6.07 Å². The first-order valence-corrected chi connectivity index (χ1v) is 4.61. The highest BCUT2D eigenvalue weighted by Gasteiger charge is 2.04. The maximum atomic E-state index is 9.04. The second kappa shape index (κ2) is 3.40. The van der Waals surface area contributed by atoms with Gasteiger partial charge in [0.15, 0.2) is 0 Å². The fourth-order valence-electron chi connectivity index (χ4n) is 1.21. The maximum absolute atomic E-state index is 9.04. The molecule has 0 unspecified atom stereocenters. The molecule has 0 spiro atoms. The molecule has 3 nitrogen and oxygen atoms in total. The lowest BCUT2D eigenvalue weighted by molar-refractivity contribution is 0.283. The smallest absolute Gasteiger partial charge is 0.103 e. The van der Waals surface area contributed by atoms with Gasteiger partial charge >= 0.3 is 0 Å². The molecule has 0 aliphatic rings. The number of aromatic nitrogens is 2. The van der Waals surface area contributed by atoms with Crippen molar-refractivity contribution in [1.82, 2.24) is 9.97 Å². The van der Waals surface area contributed by atoms with Gasteiger partial charge in [0.05, 0.1) is 12.1 Å². The zero-order valence-electron chi connectivity index (χ0n) is 6.74. The molecule has 0 saturated heterocycles. The van der Waals surface area contributed by atoms with E-state index in [2.05, 4.69) is 25.9 Å². The van der Waals surface area contributed by atoms with E-state index in [1.54, 1.807) is 12.4 Å². The fraction of sp³-hybridized carbons (Fsp3) is 0.111. The summed E-state index contributed by atoms with van der Waals surface area (Å²) in [6.45, 7) is -0.0114. The van der Waals surface area contributed by atoms with Crippen LogP contribution >= 0.6 is 15.9 Å². The number of rotatable bonds is 1. The van der Waals surface area contributed by atoms with Gasteiger partial charge in [0, 0.05) is 22.4 Å². The number of aliphatic hydroxyl groups excluding tert-OH is 1. The number of fused-ring (bicyclic) bond motifs is 1. The quantitative estimate of drug-likeness (QED) is 0.826. The van der Waals surface area contributed by atoms with Crippen LogP contribution in [0.3, 0.4) is 0 Å². The predicted molar refractivity (Wildman–Crippen MR) is 53.2 cm³/mol. The number of halogens is 1. The van der Waals surface area contributed by atoms with Gasteiger partial charge in [-0.25, -0.2) is 0 Å². The highest BCUT2D eigenvalue weighted by atomic mass is 79.9. The summed E-state index contributed by atoms with van der Waals surface area (Å²) in [7, 11) is 0. The zero-order chi connectivity index (χ0) is 9.26. The summed E-state index contributed by atoms with van der Waals surface area (Å²) in [6, 6.07) is 3.70. The van der Waals surface area contributed by atoms with Crippen molar-refractivity contribution in [3.8, 4) is 0 Å². The Morgan fingerprint density at radius 2 is 1.85 bits per heavy atom. The summed E-state index contributed by atoms with van der Waals surface area (Å²) in [5.74, 6) is 0. The predicted octanol–water partition coefficient (Wildman–Crippen LogP) is 1.88. The van der Waals surface area contributed by atoms with Gasteiger partial charge in [0.1, 0.15) is 5.52 Å². The molecule has 0 aliphatic heterocycles. The van der Waals surface area contributed by atoms with E-state index < -0.39 is 0 Å². The van der Waals surface area contributed by atoms with Crippen LogP contribution in [0.4, 0.5) is 0 Å². The minimum absolute atomic E-state index is 0.0114. The Kier molecular flexibility index (Phi) is 2.24. The molecule has 0 atom stereocenters. The first kappa shape index (κ1) is 8.59. The highest BCUT2D eigenvalue weighted by Crippen LogP contribution is 2.22. The fourth-order valence-corrected chi connectivity index (χ4v) is 1.63. The Bertz CT molecular complexity index is 445. The Morgan fingerprint density at radius 3 is 2.54 bits per heavy atom. The Labute approximate surface area is 83.6 Å². The van der Waals surface area contributed by atoms with E-state index in [0.29, 0.717) is 0 Å². The standard InChI is InChI=1S/C9H7BrN2O/c10-7-2-1-6(5-13)8-9(7)12-4-3-11-8/h1-4,13H,5H2. The van der Waals surface area contributed by atoms with E-state index >= 15 is 0 Å². The molecule has 4 heteroatoms. The van der Waals surface area contributed by atoms with Crippen molar-refractivity contribution in [2.45, 2.75) is 6.61 Å². The van der Waals surface area contributed by atoms with E-state index in [4.69, 9.17) is 5.11 Å². The van der Waals surface area contributed by atoms with Gasteiger partial charge in [-0.2, -0.15) is 0 Å². The number of aliphatic hydroxyl groups is 1. The summed E-state index contributed by atoms with van der Waals surface area (Å²) in [5, 5.41) is 9.04. The second-order valence-corrected chi connectivity index (χ2v) is 3.47. The molecular formula is C9H7BrN2O. The average molecular weight is 239 g/mol. The molecule has 1 aromatic carbocycles. The van der Waals surface area contributed by atoms with Gasteiger partial charge in [0.25, 0.3) is 0 Å². The molecule has 0 saturated carbocycles. The van der Waals surface area contributed by atoms with Crippen LogP contribution in [0.25, 0.3) is 11.0 Å². The molecule has 0 bridgehead atoms. The molecule has 1 aromatic heterocycles. The number of hydrogen-bond acceptors (Lipinski definition) is 3. The van der Waals surface area contributed by atoms with Gasteiger partial charge in [0.2, 0.25) is 0 Å². The van der Waals surface area contributed by atoms with Crippen molar-refractivity contribution < 1.29 is 5.11 Å². The number of nitrogens with zero attached hydrogens (tertiary/aromatic N) is 2. The van der Waals surface area contributed by atoms with Gasteiger partial charge < -0.3 is 5.11 Å². The molecule has 2 rings (SSSR count). The molecule has 66 valence electrons. The molecule has 2 aromatic rings. The third-order valence-corrected chi connectivity index (χ3v) is 2.47. The Balaban J connectivity index is 2.84.